The molecule has 0 aliphatic rings. The number of rotatable bonds is 4. The molecule has 0 bridgehead atoms. The summed E-state index contributed by atoms with van der Waals surface area (Å²) in [5, 5.41) is 8.76. The van der Waals surface area contributed by atoms with Crippen molar-refractivity contribution in [1.82, 2.24) is 4.98 Å². The maximum Gasteiger partial charge on any atom is 0.130 e. The molecule has 0 aromatic carbocycles. The largest absolute Gasteiger partial charge is 0.399 e. The molecule has 1 unspecified atom stereocenters. The number of anilines is 2. The Morgan fingerprint density at radius 1 is 1.67 bits per heavy atom. The molecule has 1 rings (SSSR count). The third-order valence-electron chi connectivity index (χ3n) is 2.19. The maximum atomic E-state index is 8.76. The van der Waals surface area contributed by atoms with Crippen LogP contribution in [0.3, 0.4) is 0 Å². The number of nitrogen functional groups attached to an aromatic ring is 1. The van der Waals surface area contributed by atoms with E-state index in [1.807, 2.05) is 24.8 Å². The number of nitriles is 1. The molecular weight excluding hydrogens is 188 g/mol. The molecule has 4 heteroatoms. The predicted molar refractivity (Wildman–Crippen MR) is 61.3 cm³/mol. The van der Waals surface area contributed by atoms with Gasteiger partial charge in [0.1, 0.15) is 5.82 Å². The van der Waals surface area contributed by atoms with Gasteiger partial charge in [0, 0.05) is 31.0 Å². The fraction of sp³-hybridized carbons (Fsp3) is 0.455. The van der Waals surface area contributed by atoms with E-state index in [0.717, 1.165) is 12.4 Å². The van der Waals surface area contributed by atoms with Gasteiger partial charge in [0.25, 0.3) is 0 Å². The van der Waals surface area contributed by atoms with Crippen molar-refractivity contribution in [2.24, 2.45) is 5.92 Å². The van der Waals surface area contributed by atoms with E-state index in [4.69, 9.17) is 11.0 Å². The van der Waals surface area contributed by atoms with Crippen LogP contribution in [0.2, 0.25) is 0 Å². The van der Waals surface area contributed by atoms with Crippen LogP contribution in [0.4, 0.5) is 11.5 Å². The molecule has 1 aromatic heterocycles. The first kappa shape index (κ1) is 11.3. The molecule has 1 heterocycles. The zero-order valence-electron chi connectivity index (χ0n) is 9.14. The molecule has 0 saturated heterocycles. The van der Waals surface area contributed by atoms with Crippen molar-refractivity contribution in [2.75, 3.05) is 23.7 Å². The van der Waals surface area contributed by atoms with Crippen LogP contribution in [0.25, 0.3) is 0 Å². The van der Waals surface area contributed by atoms with Gasteiger partial charge in [0.05, 0.1) is 12.0 Å². The Labute approximate surface area is 90.3 Å². The van der Waals surface area contributed by atoms with Crippen LogP contribution in [0.1, 0.15) is 13.8 Å². The summed E-state index contributed by atoms with van der Waals surface area (Å²) in [6.45, 7) is 5.44. The van der Waals surface area contributed by atoms with Gasteiger partial charge in [-0.25, -0.2) is 4.98 Å². The van der Waals surface area contributed by atoms with Crippen molar-refractivity contribution >= 4 is 11.5 Å². The summed E-state index contributed by atoms with van der Waals surface area (Å²) in [4.78, 5) is 6.28. The molecule has 0 aliphatic carbocycles. The Bertz CT molecular complexity index is 356. The maximum absolute atomic E-state index is 8.76. The Morgan fingerprint density at radius 3 is 2.93 bits per heavy atom. The van der Waals surface area contributed by atoms with Gasteiger partial charge >= 0.3 is 0 Å². The van der Waals surface area contributed by atoms with E-state index in [2.05, 4.69) is 11.1 Å². The quantitative estimate of drug-likeness (QED) is 0.809. The van der Waals surface area contributed by atoms with E-state index in [-0.39, 0.29) is 5.92 Å². The summed E-state index contributed by atoms with van der Waals surface area (Å²) in [7, 11) is 0. The molecule has 1 atom stereocenters. The third kappa shape index (κ3) is 3.13. The lowest BCUT2D eigenvalue weighted by Crippen LogP contribution is -2.28. The molecule has 2 N–H and O–H groups in total. The summed E-state index contributed by atoms with van der Waals surface area (Å²) < 4.78 is 0. The minimum absolute atomic E-state index is 0.00631. The fourth-order valence-electron chi connectivity index (χ4n) is 1.36. The van der Waals surface area contributed by atoms with Gasteiger partial charge in [-0.3, -0.25) is 0 Å². The number of nitrogens with zero attached hydrogens (tertiary/aromatic N) is 3. The van der Waals surface area contributed by atoms with Crippen LogP contribution < -0.4 is 10.6 Å². The van der Waals surface area contributed by atoms with Gasteiger partial charge in [-0.05, 0) is 19.9 Å². The average molecular weight is 204 g/mol. The van der Waals surface area contributed by atoms with E-state index in [1.54, 1.807) is 12.3 Å². The molecule has 1 aromatic rings. The minimum atomic E-state index is -0.00631. The standard InChI is InChI=1S/C11H16N4/c1-3-15(8-9(2)7-12)11-6-10(13)4-5-14-11/h4-6,9H,3,8H2,1-2H3,(H2,13,14). The van der Waals surface area contributed by atoms with Gasteiger partial charge in [0.15, 0.2) is 0 Å². The topological polar surface area (TPSA) is 65.9 Å². The van der Waals surface area contributed by atoms with Crippen molar-refractivity contribution < 1.29 is 0 Å². The summed E-state index contributed by atoms with van der Waals surface area (Å²) in [6.07, 6.45) is 1.68. The Balaban J connectivity index is 2.79. The van der Waals surface area contributed by atoms with Gasteiger partial charge in [-0.1, -0.05) is 0 Å². The van der Waals surface area contributed by atoms with Crippen LogP contribution in [0.5, 0.6) is 0 Å². The second kappa shape index (κ2) is 5.20. The van der Waals surface area contributed by atoms with E-state index in [1.165, 1.54) is 0 Å². The molecule has 0 saturated carbocycles. The smallest absolute Gasteiger partial charge is 0.130 e. The molecule has 0 amide bonds. The van der Waals surface area contributed by atoms with Crippen LogP contribution >= 0.6 is 0 Å². The lowest BCUT2D eigenvalue weighted by Gasteiger charge is -2.22. The Hall–Kier alpha value is -1.76. The summed E-state index contributed by atoms with van der Waals surface area (Å²) in [5.41, 5.74) is 6.38. The molecular formula is C11H16N4. The highest BCUT2D eigenvalue weighted by atomic mass is 15.2. The monoisotopic (exact) mass is 204 g/mol. The van der Waals surface area contributed by atoms with E-state index in [0.29, 0.717) is 12.2 Å². The zero-order valence-corrected chi connectivity index (χ0v) is 9.14. The molecule has 4 nitrogen and oxygen atoms in total. The van der Waals surface area contributed by atoms with Crippen molar-refractivity contribution in [3.63, 3.8) is 0 Å². The molecule has 15 heavy (non-hydrogen) atoms. The first-order chi connectivity index (χ1) is 7.17. The second-order valence-corrected chi connectivity index (χ2v) is 3.52. The SMILES string of the molecule is CCN(CC(C)C#N)c1cc(N)ccn1. The normalized spacial score (nSPS) is 11.8. The number of nitrogens with two attached hydrogens (primary N) is 1. The number of pyridine rings is 1. The first-order valence-corrected chi connectivity index (χ1v) is 5.03. The molecule has 0 fully saturated rings. The van der Waals surface area contributed by atoms with Gasteiger partial charge < -0.3 is 10.6 Å². The number of aromatic nitrogens is 1. The van der Waals surface area contributed by atoms with Crippen LogP contribution in [0.15, 0.2) is 18.3 Å². The van der Waals surface area contributed by atoms with Crippen LogP contribution in [0, 0.1) is 17.2 Å². The molecule has 0 aliphatic heterocycles. The zero-order chi connectivity index (χ0) is 11.3. The fourth-order valence-corrected chi connectivity index (χ4v) is 1.36. The lowest BCUT2D eigenvalue weighted by atomic mass is 10.2. The highest BCUT2D eigenvalue weighted by Gasteiger charge is 2.09. The van der Waals surface area contributed by atoms with Gasteiger partial charge in [-0.2, -0.15) is 5.26 Å². The summed E-state index contributed by atoms with van der Waals surface area (Å²) in [5.74, 6) is 0.827. The van der Waals surface area contributed by atoms with E-state index >= 15 is 0 Å². The lowest BCUT2D eigenvalue weighted by molar-refractivity contribution is 0.679. The Kier molecular flexibility index (Phi) is 3.92. The average Bonchev–Trinajstić information content (AvgIpc) is 2.25. The van der Waals surface area contributed by atoms with Crippen molar-refractivity contribution in [1.29, 1.82) is 5.26 Å². The first-order valence-electron chi connectivity index (χ1n) is 5.03. The van der Waals surface area contributed by atoms with Crippen LogP contribution in [-0.2, 0) is 0 Å². The Morgan fingerprint density at radius 2 is 2.40 bits per heavy atom. The van der Waals surface area contributed by atoms with Gasteiger partial charge in [-0.15, -0.1) is 0 Å². The highest BCUT2D eigenvalue weighted by molar-refractivity contribution is 5.50. The summed E-state index contributed by atoms with van der Waals surface area (Å²) in [6, 6.07) is 5.80. The van der Waals surface area contributed by atoms with Gasteiger partial charge in [0.2, 0.25) is 0 Å². The summed E-state index contributed by atoms with van der Waals surface area (Å²) >= 11 is 0. The van der Waals surface area contributed by atoms with Crippen molar-refractivity contribution in [3.8, 4) is 6.07 Å². The van der Waals surface area contributed by atoms with E-state index < -0.39 is 0 Å². The highest BCUT2D eigenvalue weighted by Crippen LogP contribution is 2.14. The third-order valence-corrected chi connectivity index (χ3v) is 2.19. The minimum Gasteiger partial charge on any atom is -0.399 e. The predicted octanol–water partition coefficient (Wildman–Crippen LogP) is 1.65. The van der Waals surface area contributed by atoms with Crippen LogP contribution in [-0.4, -0.2) is 18.1 Å². The van der Waals surface area contributed by atoms with Crippen molar-refractivity contribution in [3.05, 3.63) is 18.3 Å². The molecule has 80 valence electrons. The molecule has 0 radical (unpaired) electrons. The van der Waals surface area contributed by atoms with E-state index in [9.17, 15) is 0 Å². The van der Waals surface area contributed by atoms with Crippen molar-refractivity contribution in [2.45, 2.75) is 13.8 Å². The molecule has 0 spiro atoms. The number of hydrogen-bond acceptors (Lipinski definition) is 4. The number of hydrogen-bond donors (Lipinski definition) is 1. The second-order valence-electron chi connectivity index (χ2n) is 3.52.